The van der Waals surface area contributed by atoms with Crippen molar-refractivity contribution in [1.29, 1.82) is 0 Å². The van der Waals surface area contributed by atoms with Gasteiger partial charge in [-0.25, -0.2) is 0 Å². The smallest absolute Gasteiger partial charge is 0.258 e. The van der Waals surface area contributed by atoms with Gasteiger partial charge in [0.1, 0.15) is 0 Å². The van der Waals surface area contributed by atoms with Crippen molar-refractivity contribution in [2.45, 2.75) is 0 Å². The Morgan fingerprint density at radius 1 is 1.47 bits per heavy atom. The minimum absolute atomic E-state index is 0.00398. The van der Waals surface area contributed by atoms with Crippen LogP contribution in [-0.2, 0) is 0 Å². The summed E-state index contributed by atoms with van der Waals surface area (Å²) in [6.07, 6.45) is 1.57. The van der Waals surface area contributed by atoms with E-state index in [4.69, 9.17) is 11.6 Å². The summed E-state index contributed by atoms with van der Waals surface area (Å²) in [6, 6.07) is 4.39. The van der Waals surface area contributed by atoms with Crippen LogP contribution >= 0.6 is 27.5 Å². The van der Waals surface area contributed by atoms with Crippen molar-refractivity contribution in [3.63, 3.8) is 0 Å². The lowest BCUT2D eigenvalue weighted by molar-refractivity contribution is -0.384. The normalized spacial score (nSPS) is 10.5. The molecule has 0 saturated carbocycles. The second-order valence-electron chi connectivity index (χ2n) is 2.88. The second kappa shape index (κ2) is 3.75. The van der Waals surface area contributed by atoms with Gasteiger partial charge in [0.2, 0.25) is 0 Å². The van der Waals surface area contributed by atoms with Crippen molar-refractivity contribution in [2.75, 3.05) is 0 Å². The zero-order valence-electron chi connectivity index (χ0n) is 7.28. The molecular formula is C9H4BrClN2O2. The molecule has 15 heavy (non-hydrogen) atoms. The van der Waals surface area contributed by atoms with Gasteiger partial charge in [0.15, 0.2) is 0 Å². The van der Waals surface area contributed by atoms with Crippen molar-refractivity contribution in [3.05, 3.63) is 44.0 Å². The number of hydrogen-bond donors (Lipinski definition) is 0. The third kappa shape index (κ3) is 1.80. The van der Waals surface area contributed by atoms with E-state index in [1.54, 1.807) is 12.3 Å². The number of fused-ring (bicyclic) bond motifs is 1. The molecule has 0 unspecified atom stereocenters. The van der Waals surface area contributed by atoms with Crippen molar-refractivity contribution >= 4 is 44.1 Å². The highest BCUT2D eigenvalue weighted by molar-refractivity contribution is 9.10. The first-order chi connectivity index (χ1) is 7.09. The summed E-state index contributed by atoms with van der Waals surface area (Å²) in [5.74, 6) is 0. The van der Waals surface area contributed by atoms with E-state index in [0.717, 1.165) is 0 Å². The molecule has 0 aliphatic heterocycles. The summed E-state index contributed by atoms with van der Waals surface area (Å²) in [6.45, 7) is 0. The first-order valence-electron chi connectivity index (χ1n) is 3.98. The topological polar surface area (TPSA) is 56.0 Å². The molecule has 6 heteroatoms. The number of pyridine rings is 1. The van der Waals surface area contributed by atoms with Gasteiger partial charge < -0.3 is 0 Å². The first-order valence-corrected chi connectivity index (χ1v) is 5.15. The molecule has 0 spiro atoms. The lowest BCUT2D eigenvalue weighted by Gasteiger charge is -2.01. The van der Waals surface area contributed by atoms with Crippen LogP contribution in [0, 0.1) is 10.1 Å². The molecule has 0 amide bonds. The zero-order valence-corrected chi connectivity index (χ0v) is 9.62. The van der Waals surface area contributed by atoms with Crippen LogP contribution in [0.1, 0.15) is 0 Å². The third-order valence-electron chi connectivity index (χ3n) is 1.95. The van der Waals surface area contributed by atoms with Crippen LogP contribution in [0.5, 0.6) is 0 Å². The van der Waals surface area contributed by atoms with Crippen molar-refractivity contribution in [1.82, 2.24) is 4.98 Å². The van der Waals surface area contributed by atoms with E-state index in [9.17, 15) is 10.1 Å². The Labute approximate surface area is 98.2 Å². The molecule has 0 N–H and O–H groups in total. The van der Waals surface area contributed by atoms with Gasteiger partial charge in [0.05, 0.1) is 19.9 Å². The van der Waals surface area contributed by atoms with Crippen molar-refractivity contribution in [2.24, 2.45) is 0 Å². The number of non-ortho nitro benzene ring substituents is 1. The molecular weight excluding hydrogens is 283 g/mol. The van der Waals surface area contributed by atoms with Crippen LogP contribution < -0.4 is 0 Å². The molecule has 0 aliphatic rings. The SMILES string of the molecule is O=[N+]([O-])c1ccc2ncc(Br)c(Cl)c2c1. The van der Waals surface area contributed by atoms with Crippen molar-refractivity contribution in [3.8, 4) is 0 Å². The summed E-state index contributed by atoms with van der Waals surface area (Å²) >= 11 is 9.21. The molecule has 1 aromatic heterocycles. The molecule has 0 radical (unpaired) electrons. The van der Waals surface area contributed by atoms with Crippen LogP contribution in [0.3, 0.4) is 0 Å². The number of hydrogen-bond acceptors (Lipinski definition) is 3. The third-order valence-corrected chi connectivity index (χ3v) is 3.19. The molecule has 1 heterocycles. The number of aromatic nitrogens is 1. The predicted octanol–water partition coefficient (Wildman–Crippen LogP) is 3.56. The highest BCUT2D eigenvalue weighted by Crippen LogP contribution is 2.31. The molecule has 2 rings (SSSR count). The van der Waals surface area contributed by atoms with E-state index in [-0.39, 0.29) is 5.69 Å². The summed E-state index contributed by atoms with van der Waals surface area (Å²) < 4.78 is 0.622. The lowest BCUT2D eigenvalue weighted by Crippen LogP contribution is -1.89. The number of nitro groups is 1. The molecule has 0 saturated heterocycles. The molecule has 1 aromatic carbocycles. The van der Waals surface area contributed by atoms with E-state index < -0.39 is 4.92 Å². The van der Waals surface area contributed by atoms with Gasteiger partial charge in [0, 0.05) is 23.7 Å². The highest BCUT2D eigenvalue weighted by atomic mass is 79.9. The Balaban J connectivity index is 2.79. The molecule has 2 aromatic rings. The molecule has 76 valence electrons. The highest BCUT2D eigenvalue weighted by Gasteiger charge is 2.10. The molecule has 4 nitrogen and oxygen atoms in total. The maximum atomic E-state index is 10.6. The average molecular weight is 288 g/mol. The number of nitro benzene ring substituents is 1. The fraction of sp³-hybridized carbons (Fsp3) is 0. The number of benzene rings is 1. The molecule has 0 atom stereocenters. The Morgan fingerprint density at radius 3 is 2.87 bits per heavy atom. The molecule has 0 aliphatic carbocycles. The summed E-state index contributed by atoms with van der Waals surface area (Å²) in [7, 11) is 0. The fourth-order valence-electron chi connectivity index (χ4n) is 1.24. The Morgan fingerprint density at radius 2 is 2.20 bits per heavy atom. The lowest BCUT2D eigenvalue weighted by atomic mass is 10.2. The molecule has 0 fully saturated rings. The Bertz CT molecular complexity index is 559. The Kier molecular flexibility index (Phi) is 2.58. The van der Waals surface area contributed by atoms with Crippen LogP contribution in [0.2, 0.25) is 5.02 Å². The van der Waals surface area contributed by atoms with E-state index >= 15 is 0 Å². The number of nitrogens with zero attached hydrogens (tertiary/aromatic N) is 2. The minimum Gasteiger partial charge on any atom is -0.258 e. The monoisotopic (exact) mass is 286 g/mol. The fourth-order valence-corrected chi connectivity index (χ4v) is 1.75. The van der Waals surface area contributed by atoms with E-state index in [2.05, 4.69) is 20.9 Å². The van der Waals surface area contributed by atoms with Gasteiger partial charge >= 0.3 is 0 Å². The predicted molar refractivity (Wildman–Crippen MR) is 61.1 cm³/mol. The van der Waals surface area contributed by atoms with E-state index in [1.165, 1.54) is 12.1 Å². The number of rotatable bonds is 1. The molecule has 0 bridgehead atoms. The number of halogens is 2. The summed E-state index contributed by atoms with van der Waals surface area (Å²) in [4.78, 5) is 14.2. The van der Waals surface area contributed by atoms with Crippen LogP contribution in [-0.4, -0.2) is 9.91 Å². The quantitative estimate of drug-likeness (QED) is 0.595. The maximum Gasteiger partial charge on any atom is 0.270 e. The first kappa shape index (κ1) is 10.3. The van der Waals surface area contributed by atoms with Crippen LogP contribution in [0.4, 0.5) is 5.69 Å². The van der Waals surface area contributed by atoms with Crippen LogP contribution in [0.15, 0.2) is 28.9 Å². The summed E-state index contributed by atoms with van der Waals surface area (Å²) in [5.41, 5.74) is 0.637. The average Bonchev–Trinajstić information content (AvgIpc) is 2.23. The van der Waals surface area contributed by atoms with Gasteiger partial charge in [-0.05, 0) is 22.0 Å². The van der Waals surface area contributed by atoms with Gasteiger partial charge in [-0.1, -0.05) is 11.6 Å². The van der Waals surface area contributed by atoms with Gasteiger partial charge in [0.25, 0.3) is 5.69 Å². The standard InChI is InChI=1S/C9H4BrClN2O2/c10-7-4-12-8-2-1-5(13(14)15)3-6(8)9(7)11/h1-4H. The van der Waals surface area contributed by atoms with Gasteiger partial charge in [-0.3, -0.25) is 15.1 Å². The Hall–Kier alpha value is -1.20. The van der Waals surface area contributed by atoms with Crippen molar-refractivity contribution < 1.29 is 4.92 Å². The van der Waals surface area contributed by atoms with Crippen LogP contribution in [0.25, 0.3) is 10.9 Å². The minimum atomic E-state index is -0.462. The summed E-state index contributed by atoms with van der Waals surface area (Å²) in [5, 5.41) is 11.6. The zero-order chi connectivity index (χ0) is 11.0. The van der Waals surface area contributed by atoms with Gasteiger partial charge in [-0.2, -0.15) is 0 Å². The van der Waals surface area contributed by atoms with E-state index in [1.807, 2.05) is 0 Å². The maximum absolute atomic E-state index is 10.6. The largest absolute Gasteiger partial charge is 0.270 e. The second-order valence-corrected chi connectivity index (χ2v) is 4.11. The van der Waals surface area contributed by atoms with E-state index in [0.29, 0.717) is 20.4 Å². The van der Waals surface area contributed by atoms with Gasteiger partial charge in [-0.15, -0.1) is 0 Å².